The van der Waals surface area contributed by atoms with Crippen LogP contribution in [-0.4, -0.2) is 15.3 Å². The standard InChI is InChI=1S/C18H27N3/c1-13(2)17-15(11-19-18(4,5)6)12-20-21(17)16-9-7-8-14(3)10-16/h7-10,12-13,19H,11H2,1-6H3. The lowest BCUT2D eigenvalue weighted by Crippen LogP contribution is -2.35. The molecule has 0 fully saturated rings. The third kappa shape index (κ3) is 3.94. The molecule has 1 aromatic heterocycles. The van der Waals surface area contributed by atoms with E-state index < -0.39 is 0 Å². The molecule has 0 aliphatic heterocycles. The van der Waals surface area contributed by atoms with Crippen LogP contribution in [0.5, 0.6) is 0 Å². The third-order valence-corrected chi connectivity index (χ3v) is 3.49. The van der Waals surface area contributed by atoms with Crippen LogP contribution in [0.25, 0.3) is 5.69 Å². The first-order chi connectivity index (χ1) is 9.78. The van der Waals surface area contributed by atoms with Gasteiger partial charge < -0.3 is 5.32 Å². The van der Waals surface area contributed by atoms with Crippen LogP contribution in [0.15, 0.2) is 30.5 Å². The van der Waals surface area contributed by atoms with Gasteiger partial charge in [0.05, 0.1) is 17.6 Å². The van der Waals surface area contributed by atoms with E-state index in [1.165, 1.54) is 16.8 Å². The van der Waals surface area contributed by atoms with Gasteiger partial charge in [-0.25, -0.2) is 4.68 Å². The van der Waals surface area contributed by atoms with Gasteiger partial charge in [0.2, 0.25) is 0 Å². The molecule has 0 bridgehead atoms. The van der Waals surface area contributed by atoms with E-state index in [-0.39, 0.29) is 5.54 Å². The van der Waals surface area contributed by atoms with Gasteiger partial charge >= 0.3 is 0 Å². The van der Waals surface area contributed by atoms with Crippen molar-refractivity contribution in [3.8, 4) is 5.69 Å². The molecule has 21 heavy (non-hydrogen) atoms. The van der Waals surface area contributed by atoms with Crippen LogP contribution in [-0.2, 0) is 6.54 Å². The van der Waals surface area contributed by atoms with Gasteiger partial charge in [0.15, 0.2) is 0 Å². The first-order valence-corrected chi connectivity index (χ1v) is 7.67. The van der Waals surface area contributed by atoms with Crippen LogP contribution in [0.3, 0.4) is 0 Å². The summed E-state index contributed by atoms with van der Waals surface area (Å²) in [6, 6.07) is 8.50. The number of rotatable bonds is 4. The predicted molar refractivity (Wildman–Crippen MR) is 89.0 cm³/mol. The highest BCUT2D eigenvalue weighted by Gasteiger charge is 2.17. The molecule has 0 aliphatic rings. The zero-order valence-corrected chi connectivity index (χ0v) is 14.1. The largest absolute Gasteiger partial charge is 0.308 e. The predicted octanol–water partition coefficient (Wildman–Crippen LogP) is 4.19. The summed E-state index contributed by atoms with van der Waals surface area (Å²) in [5.74, 6) is 0.435. The molecular weight excluding hydrogens is 258 g/mol. The topological polar surface area (TPSA) is 29.9 Å². The summed E-state index contributed by atoms with van der Waals surface area (Å²) < 4.78 is 2.08. The zero-order valence-electron chi connectivity index (χ0n) is 14.1. The van der Waals surface area contributed by atoms with E-state index in [0.29, 0.717) is 5.92 Å². The summed E-state index contributed by atoms with van der Waals surface area (Å²) in [5, 5.41) is 8.18. The highest BCUT2D eigenvalue weighted by molar-refractivity contribution is 5.38. The summed E-state index contributed by atoms with van der Waals surface area (Å²) in [7, 11) is 0. The normalized spacial score (nSPS) is 12.1. The Kier molecular flexibility index (Phi) is 4.52. The smallest absolute Gasteiger partial charge is 0.0651 e. The first-order valence-electron chi connectivity index (χ1n) is 7.67. The van der Waals surface area contributed by atoms with Crippen LogP contribution in [0.1, 0.15) is 57.4 Å². The summed E-state index contributed by atoms with van der Waals surface area (Å²) in [6.07, 6.45) is 2.00. The van der Waals surface area contributed by atoms with Gasteiger partial charge in [-0.15, -0.1) is 0 Å². The van der Waals surface area contributed by atoms with Crippen molar-refractivity contribution in [1.82, 2.24) is 15.1 Å². The van der Waals surface area contributed by atoms with Gasteiger partial charge in [-0.1, -0.05) is 26.0 Å². The van der Waals surface area contributed by atoms with Gasteiger partial charge in [0, 0.05) is 17.6 Å². The molecule has 1 N–H and O–H groups in total. The fourth-order valence-corrected chi connectivity index (χ4v) is 2.47. The van der Waals surface area contributed by atoms with Crippen molar-refractivity contribution in [1.29, 1.82) is 0 Å². The SMILES string of the molecule is Cc1cccc(-n2ncc(CNC(C)(C)C)c2C(C)C)c1. The van der Waals surface area contributed by atoms with E-state index in [0.717, 1.165) is 12.2 Å². The molecule has 0 saturated carbocycles. The van der Waals surface area contributed by atoms with Crippen LogP contribution < -0.4 is 5.32 Å². The summed E-state index contributed by atoms with van der Waals surface area (Å²) >= 11 is 0. The quantitative estimate of drug-likeness (QED) is 0.912. The molecule has 3 nitrogen and oxygen atoms in total. The Morgan fingerprint density at radius 2 is 1.95 bits per heavy atom. The number of benzene rings is 1. The van der Waals surface area contributed by atoms with Crippen molar-refractivity contribution in [2.45, 2.75) is 59.5 Å². The summed E-state index contributed by atoms with van der Waals surface area (Å²) in [6.45, 7) is 14.0. The van der Waals surface area contributed by atoms with Crippen LogP contribution >= 0.6 is 0 Å². The Balaban J connectivity index is 2.37. The van der Waals surface area contributed by atoms with E-state index in [1.807, 2.05) is 6.20 Å². The lowest BCUT2D eigenvalue weighted by atomic mass is 10.0. The highest BCUT2D eigenvalue weighted by Crippen LogP contribution is 2.23. The molecule has 2 aromatic rings. The Morgan fingerprint density at radius 3 is 2.52 bits per heavy atom. The average molecular weight is 285 g/mol. The number of nitrogens with one attached hydrogen (secondary N) is 1. The van der Waals surface area contributed by atoms with Crippen molar-refractivity contribution < 1.29 is 0 Å². The zero-order chi connectivity index (χ0) is 15.6. The molecule has 0 aliphatic carbocycles. The molecule has 0 amide bonds. The molecular formula is C18H27N3. The lowest BCUT2D eigenvalue weighted by molar-refractivity contribution is 0.423. The third-order valence-electron chi connectivity index (χ3n) is 3.49. The van der Waals surface area contributed by atoms with E-state index in [4.69, 9.17) is 0 Å². The number of hydrogen-bond acceptors (Lipinski definition) is 2. The maximum atomic E-state index is 4.63. The van der Waals surface area contributed by atoms with E-state index in [9.17, 15) is 0 Å². The maximum Gasteiger partial charge on any atom is 0.0651 e. The first kappa shape index (κ1) is 15.8. The van der Waals surface area contributed by atoms with Gasteiger partial charge in [-0.05, 0) is 51.3 Å². The summed E-state index contributed by atoms with van der Waals surface area (Å²) in [4.78, 5) is 0. The minimum Gasteiger partial charge on any atom is -0.308 e. The van der Waals surface area contributed by atoms with Crippen molar-refractivity contribution in [3.63, 3.8) is 0 Å². The minimum atomic E-state index is 0.111. The van der Waals surface area contributed by atoms with Gasteiger partial charge in [-0.2, -0.15) is 5.10 Å². The van der Waals surface area contributed by atoms with Gasteiger partial charge in [0.25, 0.3) is 0 Å². The summed E-state index contributed by atoms with van der Waals surface area (Å²) in [5.41, 5.74) is 5.08. The monoisotopic (exact) mass is 285 g/mol. The molecule has 0 spiro atoms. The Morgan fingerprint density at radius 1 is 1.24 bits per heavy atom. The van der Waals surface area contributed by atoms with Crippen LogP contribution in [0, 0.1) is 6.92 Å². The minimum absolute atomic E-state index is 0.111. The Labute approximate surface area is 128 Å². The van der Waals surface area contributed by atoms with Gasteiger partial charge in [-0.3, -0.25) is 0 Å². The van der Waals surface area contributed by atoms with E-state index in [2.05, 4.69) is 80.9 Å². The average Bonchev–Trinajstić information content (AvgIpc) is 2.79. The molecule has 0 radical (unpaired) electrons. The van der Waals surface area contributed by atoms with Crippen LogP contribution in [0.4, 0.5) is 0 Å². The number of nitrogens with zero attached hydrogens (tertiary/aromatic N) is 2. The second-order valence-corrected chi connectivity index (χ2v) is 7.06. The number of aromatic nitrogens is 2. The fourth-order valence-electron chi connectivity index (χ4n) is 2.47. The van der Waals surface area contributed by atoms with Gasteiger partial charge in [0.1, 0.15) is 0 Å². The molecule has 0 unspecified atom stereocenters. The maximum absolute atomic E-state index is 4.63. The Bertz CT molecular complexity index is 603. The molecule has 0 saturated heterocycles. The Hall–Kier alpha value is -1.61. The van der Waals surface area contributed by atoms with Crippen molar-refractivity contribution in [2.75, 3.05) is 0 Å². The second kappa shape index (κ2) is 6.02. The van der Waals surface area contributed by atoms with Crippen LogP contribution in [0.2, 0.25) is 0 Å². The molecule has 1 heterocycles. The second-order valence-electron chi connectivity index (χ2n) is 7.06. The van der Waals surface area contributed by atoms with Crippen molar-refractivity contribution >= 4 is 0 Å². The molecule has 3 heteroatoms. The molecule has 114 valence electrons. The van der Waals surface area contributed by atoms with Crippen molar-refractivity contribution in [3.05, 3.63) is 47.3 Å². The fraction of sp³-hybridized carbons (Fsp3) is 0.500. The van der Waals surface area contributed by atoms with E-state index in [1.54, 1.807) is 0 Å². The molecule has 1 aromatic carbocycles. The van der Waals surface area contributed by atoms with Crippen molar-refractivity contribution in [2.24, 2.45) is 0 Å². The number of hydrogen-bond donors (Lipinski definition) is 1. The molecule has 2 rings (SSSR count). The van der Waals surface area contributed by atoms with E-state index >= 15 is 0 Å². The lowest BCUT2D eigenvalue weighted by Gasteiger charge is -2.21. The molecule has 0 atom stereocenters. The highest BCUT2D eigenvalue weighted by atomic mass is 15.3. The number of aryl methyl sites for hydroxylation is 1.